The Labute approximate surface area is 182 Å². The van der Waals surface area contributed by atoms with Gasteiger partial charge in [0.1, 0.15) is 0 Å². The molecular weight excluding hydrogens is 368 g/mol. The van der Waals surface area contributed by atoms with Gasteiger partial charge in [-0.25, -0.2) is 0 Å². The van der Waals surface area contributed by atoms with E-state index in [9.17, 15) is 0 Å². The molecule has 0 radical (unpaired) electrons. The molecule has 1 unspecified atom stereocenters. The van der Waals surface area contributed by atoms with E-state index in [-0.39, 0.29) is 5.92 Å². The fourth-order valence-electron chi connectivity index (χ4n) is 4.71. The Hall–Kier alpha value is -2.16. The summed E-state index contributed by atoms with van der Waals surface area (Å²) in [5, 5.41) is 2.54. The van der Waals surface area contributed by atoms with Gasteiger partial charge >= 0.3 is 0 Å². The summed E-state index contributed by atoms with van der Waals surface area (Å²) in [6.45, 7) is 2.27. The van der Waals surface area contributed by atoms with Crippen LogP contribution in [-0.2, 0) is 15.3 Å². The van der Waals surface area contributed by atoms with Crippen LogP contribution in [0.3, 0.4) is 0 Å². The molecule has 2 heteroatoms. The first-order valence-corrected chi connectivity index (χ1v) is 11.4. The molecule has 1 atom stereocenters. The minimum absolute atomic E-state index is 0.104. The van der Waals surface area contributed by atoms with E-state index in [1.807, 2.05) is 6.07 Å². The van der Waals surface area contributed by atoms with Crippen molar-refractivity contribution in [3.8, 4) is 0 Å². The SMILES string of the molecule is CCCCCCCCC(c1cccc2ccccc12)C(OC)(OC)c1ccccc1. The second-order valence-electron chi connectivity index (χ2n) is 8.12. The maximum Gasteiger partial charge on any atom is 0.201 e. The first kappa shape index (κ1) is 22.5. The summed E-state index contributed by atoms with van der Waals surface area (Å²) < 4.78 is 12.4. The van der Waals surface area contributed by atoms with Crippen molar-refractivity contribution >= 4 is 10.8 Å². The highest BCUT2D eigenvalue weighted by molar-refractivity contribution is 5.86. The van der Waals surface area contributed by atoms with Crippen LogP contribution in [0, 0.1) is 0 Å². The van der Waals surface area contributed by atoms with Crippen LogP contribution in [-0.4, -0.2) is 14.2 Å². The van der Waals surface area contributed by atoms with Gasteiger partial charge in [-0.1, -0.05) is 118 Å². The highest BCUT2D eigenvalue weighted by atomic mass is 16.7. The second-order valence-corrected chi connectivity index (χ2v) is 8.12. The average molecular weight is 405 g/mol. The van der Waals surface area contributed by atoms with Crippen molar-refractivity contribution in [2.75, 3.05) is 14.2 Å². The van der Waals surface area contributed by atoms with E-state index in [2.05, 4.69) is 73.7 Å². The molecule has 2 nitrogen and oxygen atoms in total. The number of hydrogen-bond acceptors (Lipinski definition) is 2. The highest BCUT2D eigenvalue weighted by Crippen LogP contribution is 2.45. The number of rotatable bonds is 12. The summed E-state index contributed by atoms with van der Waals surface area (Å²) in [5.74, 6) is -0.707. The summed E-state index contributed by atoms with van der Waals surface area (Å²) in [7, 11) is 3.55. The van der Waals surface area contributed by atoms with Gasteiger partial charge in [0.05, 0.1) is 0 Å². The van der Waals surface area contributed by atoms with Gasteiger partial charge in [-0.3, -0.25) is 0 Å². The van der Waals surface area contributed by atoms with Crippen molar-refractivity contribution < 1.29 is 9.47 Å². The zero-order valence-electron chi connectivity index (χ0n) is 18.8. The standard InChI is InChI=1S/C28H36O2/c1-4-5-6-7-8-12-22-27(26-21-15-17-23-16-13-14-20-25(23)26)28(29-2,30-3)24-18-10-9-11-19-24/h9-11,13-21,27H,4-8,12,22H2,1-3H3. The fourth-order valence-corrected chi connectivity index (χ4v) is 4.71. The molecule has 0 N–H and O–H groups in total. The predicted molar refractivity (Wildman–Crippen MR) is 127 cm³/mol. The molecule has 3 rings (SSSR count). The average Bonchev–Trinajstić information content (AvgIpc) is 2.81. The third-order valence-electron chi connectivity index (χ3n) is 6.29. The van der Waals surface area contributed by atoms with Crippen LogP contribution in [0.5, 0.6) is 0 Å². The minimum atomic E-state index is -0.811. The quantitative estimate of drug-likeness (QED) is 0.226. The molecule has 0 saturated carbocycles. The molecule has 30 heavy (non-hydrogen) atoms. The number of methoxy groups -OCH3 is 2. The Morgan fingerprint density at radius 1 is 0.700 bits per heavy atom. The van der Waals surface area contributed by atoms with Gasteiger partial charge < -0.3 is 9.47 Å². The van der Waals surface area contributed by atoms with Crippen molar-refractivity contribution in [2.45, 2.75) is 63.6 Å². The molecule has 0 aliphatic carbocycles. The number of benzene rings is 3. The van der Waals surface area contributed by atoms with Crippen LogP contribution in [0.25, 0.3) is 10.8 Å². The Kier molecular flexibility index (Phi) is 8.48. The van der Waals surface area contributed by atoms with Gasteiger partial charge in [-0.05, 0) is 22.8 Å². The monoisotopic (exact) mass is 404 g/mol. The van der Waals surface area contributed by atoms with E-state index in [0.29, 0.717) is 0 Å². The third-order valence-corrected chi connectivity index (χ3v) is 6.29. The lowest BCUT2D eigenvalue weighted by atomic mass is 9.80. The van der Waals surface area contributed by atoms with E-state index < -0.39 is 5.79 Å². The van der Waals surface area contributed by atoms with Gasteiger partial charge in [0.25, 0.3) is 0 Å². The lowest BCUT2D eigenvalue weighted by Gasteiger charge is -2.39. The Balaban J connectivity index is 2.00. The molecule has 0 amide bonds. The maximum absolute atomic E-state index is 6.21. The van der Waals surface area contributed by atoms with Crippen LogP contribution >= 0.6 is 0 Å². The van der Waals surface area contributed by atoms with Crippen molar-refractivity contribution in [3.63, 3.8) is 0 Å². The molecule has 0 fully saturated rings. The smallest absolute Gasteiger partial charge is 0.201 e. The van der Waals surface area contributed by atoms with Crippen molar-refractivity contribution in [1.82, 2.24) is 0 Å². The molecule has 3 aromatic carbocycles. The minimum Gasteiger partial charge on any atom is -0.349 e. The van der Waals surface area contributed by atoms with Gasteiger partial charge in [0, 0.05) is 25.7 Å². The Morgan fingerprint density at radius 2 is 1.33 bits per heavy atom. The van der Waals surface area contributed by atoms with Crippen LogP contribution in [0.15, 0.2) is 72.8 Å². The summed E-state index contributed by atoms with van der Waals surface area (Å²) in [4.78, 5) is 0. The van der Waals surface area contributed by atoms with Crippen LogP contribution in [0.1, 0.15) is 68.9 Å². The van der Waals surface area contributed by atoms with Crippen LogP contribution in [0.4, 0.5) is 0 Å². The molecule has 0 bridgehead atoms. The summed E-state index contributed by atoms with van der Waals surface area (Å²) in [5.41, 5.74) is 2.37. The topological polar surface area (TPSA) is 18.5 Å². The zero-order chi connectivity index (χ0) is 21.2. The lowest BCUT2D eigenvalue weighted by molar-refractivity contribution is -0.233. The van der Waals surface area contributed by atoms with E-state index >= 15 is 0 Å². The molecular formula is C28H36O2. The molecule has 3 aromatic rings. The number of unbranched alkanes of at least 4 members (excludes halogenated alkanes) is 5. The van der Waals surface area contributed by atoms with E-state index in [1.165, 1.54) is 54.9 Å². The predicted octanol–water partition coefficient (Wildman–Crippen LogP) is 7.82. The summed E-state index contributed by atoms with van der Waals surface area (Å²) >= 11 is 0. The third kappa shape index (κ3) is 4.94. The summed E-state index contributed by atoms with van der Waals surface area (Å²) in [6.07, 6.45) is 8.68. The van der Waals surface area contributed by atoms with Gasteiger partial charge in [-0.15, -0.1) is 0 Å². The highest BCUT2D eigenvalue weighted by Gasteiger charge is 2.42. The fraction of sp³-hybridized carbons (Fsp3) is 0.429. The molecule has 0 aliphatic heterocycles. The molecule has 0 aromatic heterocycles. The van der Waals surface area contributed by atoms with Gasteiger partial charge in [0.15, 0.2) is 0 Å². The largest absolute Gasteiger partial charge is 0.349 e. The van der Waals surface area contributed by atoms with E-state index in [1.54, 1.807) is 14.2 Å². The summed E-state index contributed by atoms with van der Waals surface area (Å²) in [6, 6.07) is 25.6. The van der Waals surface area contributed by atoms with Gasteiger partial charge in [-0.2, -0.15) is 0 Å². The molecule has 0 spiro atoms. The Morgan fingerprint density at radius 3 is 2.07 bits per heavy atom. The van der Waals surface area contributed by atoms with E-state index in [4.69, 9.17) is 9.47 Å². The van der Waals surface area contributed by atoms with Crippen LogP contribution in [0.2, 0.25) is 0 Å². The molecule has 160 valence electrons. The first-order chi connectivity index (χ1) is 14.8. The molecule has 0 aliphatic rings. The number of fused-ring (bicyclic) bond motifs is 1. The second kappa shape index (κ2) is 11.3. The zero-order valence-corrected chi connectivity index (χ0v) is 18.8. The molecule has 0 heterocycles. The van der Waals surface area contributed by atoms with Crippen LogP contribution < -0.4 is 0 Å². The van der Waals surface area contributed by atoms with Crippen molar-refractivity contribution in [1.29, 1.82) is 0 Å². The normalized spacial score (nSPS) is 12.9. The number of ether oxygens (including phenoxy) is 2. The van der Waals surface area contributed by atoms with Crippen molar-refractivity contribution in [2.24, 2.45) is 0 Å². The lowest BCUT2D eigenvalue weighted by Crippen LogP contribution is -2.38. The number of hydrogen-bond donors (Lipinski definition) is 0. The Bertz CT molecular complexity index is 878. The van der Waals surface area contributed by atoms with Gasteiger partial charge in [0.2, 0.25) is 5.79 Å². The first-order valence-electron chi connectivity index (χ1n) is 11.4. The van der Waals surface area contributed by atoms with Crippen molar-refractivity contribution in [3.05, 3.63) is 83.9 Å². The van der Waals surface area contributed by atoms with E-state index in [0.717, 1.165) is 12.0 Å². The molecule has 0 saturated heterocycles. The maximum atomic E-state index is 6.21.